The molecule has 1 heterocycles. The quantitative estimate of drug-likeness (QED) is 0.679. The Balaban J connectivity index is 2.76. The minimum absolute atomic E-state index is 0.337. The van der Waals surface area contributed by atoms with Crippen LogP contribution in [0.4, 0.5) is 5.82 Å². The molecule has 1 aromatic rings. The molecule has 0 amide bonds. The lowest BCUT2D eigenvalue weighted by molar-refractivity contribution is 0.0706. The number of hydrogen-bond acceptors (Lipinski definition) is 5. The summed E-state index contributed by atoms with van der Waals surface area (Å²) in [5.41, 5.74) is 1.21. The molecule has 5 heteroatoms. The maximum atomic E-state index is 5.28. The Kier molecular flexibility index (Phi) is 8.98. The van der Waals surface area contributed by atoms with Crippen molar-refractivity contribution in [3.63, 3.8) is 0 Å². The van der Waals surface area contributed by atoms with Crippen molar-refractivity contribution in [2.24, 2.45) is 0 Å². The third-order valence-electron chi connectivity index (χ3n) is 3.42. The van der Waals surface area contributed by atoms with E-state index in [2.05, 4.69) is 35.1 Å². The topological polar surface area (TPSA) is 46.6 Å². The van der Waals surface area contributed by atoms with Crippen LogP contribution in [0.5, 0.6) is 0 Å². The van der Waals surface area contributed by atoms with Gasteiger partial charge in [-0.15, -0.1) is 0 Å². The molecule has 21 heavy (non-hydrogen) atoms. The smallest absolute Gasteiger partial charge is 0.130 e. The van der Waals surface area contributed by atoms with Gasteiger partial charge in [-0.2, -0.15) is 0 Å². The van der Waals surface area contributed by atoms with Crippen LogP contribution >= 0.6 is 0 Å². The molecule has 0 fully saturated rings. The Hall–Kier alpha value is -1.17. The first-order valence-corrected chi connectivity index (χ1v) is 7.62. The number of anilines is 1. The molecule has 0 aliphatic rings. The van der Waals surface area contributed by atoms with Crippen LogP contribution in [-0.4, -0.2) is 56.4 Å². The number of nitrogens with zero attached hydrogens (tertiary/aromatic N) is 2. The van der Waals surface area contributed by atoms with Gasteiger partial charge in [0.05, 0.1) is 13.2 Å². The first-order valence-electron chi connectivity index (χ1n) is 7.62. The van der Waals surface area contributed by atoms with E-state index in [4.69, 9.17) is 9.47 Å². The van der Waals surface area contributed by atoms with Crippen LogP contribution in [0.15, 0.2) is 18.3 Å². The van der Waals surface area contributed by atoms with Crippen LogP contribution in [0.2, 0.25) is 0 Å². The van der Waals surface area contributed by atoms with Crippen molar-refractivity contribution in [2.75, 3.05) is 45.8 Å². The van der Waals surface area contributed by atoms with Crippen molar-refractivity contribution in [3.8, 4) is 0 Å². The van der Waals surface area contributed by atoms with E-state index < -0.39 is 0 Å². The SMILES string of the molecule is CCCNc1ncccc1CN(CCOC)C(C)COC. The fourth-order valence-electron chi connectivity index (χ4n) is 2.20. The molecule has 5 nitrogen and oxygen atoms in total. The molecule has 0 aliphatic heterocycles. The molecule has 1 aromatic heterocycles. The number of rotatable bonds is 11. The molecule has 0 saturated heterocycles. The van der Waals surface area contributed by atoms with Crippen molar-refractivity contribution >= 4 is 5.82 Å². The van der Waals surface area contributed by atoms with E-state index >= 15 is 0 Å². The molecule has 0 bridgehead atoms. The van der Waals surface area contributed by atoms with E-state index in [0.29, 0.717) is 19.3 Å². The summed E-state index contributed by atoms with van der Waals surface area (Å²) in [5, 5.41) is 3.40. The first kappa shape index (κ1) is 17.9. The maximum Gasteiger partial charge on any atom is 0.130 e. The van der Waals surface area contributed by atoms with Crippen molar-refractivity contribution < 1.29 is 9.47 Å². The van der Waals surface area contributed by atoms with Gasteiger partial charge in [0.25, 0.3) is 0 Å². The summed E-state index contributed by atoms with van der Waals surface area (Å²) in [6.45, 7) is 8.41. The molecule has 1 N–H and O–H groups in total. The molecular formula is C16H29N3O2. The highest BCUT2D eigenvalue weighted by molar-refractivity contribution is 5.43. The average molecular weight is 295 g/mol. The van der Waals surface area contributed by atoms with E-state index in [-0.39, 0.29) is 0 Å². The second-order valence-electron chi connectivity index (χ2n) is 5.21. The van der Waals surface area contributed by atoms with Gasteiger partial charge in [-0.25, -0.2) is 4.98 Å². The Morgan fingerprint density at radius 2 is 2.14 bits per heavy atom. The van der Waals surface area contributed by atoms with Gasteiger partial charge >= 0.3 is 0 Å². The third kappa shape index (κ3) is 6.42. The Bertz CT molecular complexity index is 388. The number of methoxy groups -OCH3 is 2. The van der Waals surface area contributed by atoms with Gasteiger partial charge in [0.2, 0.25) is 0 Å². The predicted molar refractivity (Wildman–Crippen MR) is 86.6 cm³/mol. The molecule has 1 rings (SSSR count). The largest absolute Gasteiger partial charge is 0.383 e. The Morgan fingerprint density at radius 1 is 1.33 bits per heavy atom. The van der Waals surface area contributed by atoms with Gasteiger partial charge in [0.15, 0.2) is 0 Å². The van der Waals surface area contributed by atoms with Crippen LogP contribution in [0, 0.1) is 0 Å². The maximum absolute atomic E-state index is 5.28. The number of pyridine rings is 1. The fraction of sp³-hybridized carbons (Fsp3) is 0.688. The molecule has 1 unspecified atom stereocenters. The summed E-state index contributed by atoms with van der Waals surface area (Å²) < 4.78 is 10.5. The summed E-state index contributed by atoms with van der Waals surface area (Å²) in [6.07, 6.45) is 2.92. The average Bonchev–Trinajstić information content (AvgIpc) is 2.50. The highest BCUT2D eigenvalue weighted by Crippen LogP contribution is 2.16. The van der Waals surface area contributed by atoms with E-state index in [1.165, 1.54) is 5.56 Å². The lowest BCUT2D eigenvalue weighted by atomic mass is 10.2. The lowest BCUT2D eigenvalue weighted by Gasteiger charge is -2.29. The van der Waals surface area contributed by atoms with E-state index in [1.807, 2.05) is 12.3 Å². The van der Waals surface area contributed by atoms with Crippen molar-refractivity contribution in [2.45, 2.75) is 32.9 Å². The molecule has 0 aromatic carbocycles. The second kappa shape index (κ2) is 10.5. The lowest BCUT2D eigenvalue weighted by Crippen LogP contribution is -2.38. The van der Waals surface area contributed by atoms with E-state index in [1.54, 1.807) is 14.2 Å². The van der Waals surface area contributed by atoms with Crippen LogP contribution in [0.1, 0.15) is 25.8 Å². The predicted octanol–water partition coefficient (Wildman–Crippen LogP) is 2.39. The molecule has 120 valence electrons. The van der Waals surface area contributed by atoms with Gasteiger partial charge in [-0.1, -0.05) is 13.0 Å². The zero-order valence-electron chi connectivity index (χ0n) is 13.8. The Labute approximate surface area is 128 Å². The minimum atomic E-state index is 0.337. The zero-order chi connectivity index (χ0) is 15.5. The molecule has 0 saturated carbocycles. The number of hydrogen-bond donors (Lipinski definition) is 1. The summed E-state index contributed by atoms with van der Waals surface area (Å²) in [4.78, 5) is 6.82. The van der Waals surface area contributed by atoms with Gasteiger partial charge < -0.3 is 14.8 Å². The van der Waals surface area contributed by atoms with Crippen molar-refractivity contribution in [1.29, 1.82) is 0 Å². The van der Waals surface area contributed by atoms with Gasteiger partial charge in [0, 0.05) is 51.7 Å². The second-order valence-corrected chi connectivity index (χ2v) is 5.21. The van der Waals surface area contributed by atoms with E-state index in [0.717, 1.165) is 31.9 Å². The summed E-state index contributed by atoms with van der Waals surface area (Å²) in [7, 11) is 3.47. The summed E-state index contributed by atoms with van der Waals surface area (Å²) in [5.74, 6) is 0.978. The number of aromatic nitrogens is 1. The van der Waals surface area contributed by atoms with E-state index in [9.17, 15) is 0 Å². The van der Waals surface area contributed by atoms with Crippen LogP contribution in [-0.2, 0) is 16.0 Å². The van der Waals surface area contributed by atoms with Gasteiger partial charge in [-0.3, -0.25) is 4.90 Å². The van der Waals surface area contributed by atoms with Crippen LogP contribution in [0.3, 0.4) is 0 Å². The molecule has 0 radical (unpaired) electrons. The molecular weight excluding hydrogens is 266 g/mol. The third-order valence-corrected chi connectivity index (χ3v) is 3.42. The monoisotopic (exact) mass is 295 g/mol. The normalized spacial score (nSPS) is 12.6. The van der Waals surface area contributed by atoms with Gasteiger partial charge in [-0.05, 0) is 19.4 Å². The highest BCUT2D eigenvalue weighted by Gasteiger charge is 2.16. The molecule has 0 aliphatic carbocycles. The van der Waals surface area contributed by atoms with Crippen LogP contribution < -0.4 is 5.32 Å². The van der Waals surface area contributed by atoms with Crippen LogP contribution in [0.25, 0.3) is 0 Å². The fourth-order valence-corrected chi connectivity index (χ4v) is 2.20. The molecule has 1 atom stereocenters. The highest BCUT2D eigenvalue weighted by atomic mass is 16.5. The standard InChI is InChI=1S/C16H29N3O2/c1-5-8-17-16-15(7-6-9-18-16)12-19(10-11-20-3)14(2)13-21-4/h6-7,9,14H,5,8,10-13H2,1-4H3,(H,17,18). The zero-order valence-corrected chi connectivity index (χ0v) is 13.8. The molecule has 0 spiro atoms. The first-order chi connectivity index (χ1) is 10.2. The number of ether oxygens (including phenoxy) is 2. The van der Waals surface area contributed by atoms with Crippen molar-refractivity contribution in [3.05, 3.63) is 23.9 Å². The summed E-state index contributed by atoms with van der Waals surface area (Å²) >= 11 is 0. The van der Waals surface area contributed by atoms with Gasteiger partial charge in [0.1, 0.15) is 5.82 Å². The minimum Gasteiger partial charge on any atom is -0.383 e. The number of nitrogens with one attached hydrogen (secondary N) is 1. The van der Waals surface area contributed by atoms with Crippen molar-refractivity contribution in [1.82, 2.24) is 9.88 Å². The Morgan fingerprint density at radius 3 is 2.81 bits per heavy atom. The summed E-state index contributed by atoms with van der Waals surface area (Å²) in [6, 6.07) is 4.45.